The van der Waals surface area contributed by atoms with Crippen molar-refractivity contribution in [1.29, 1.82) is 0 Å². The molecule has 0 spiro atoms. The summed E-state index contributed by atoms with van der Waals surface area (Å²) in [6.07, 6.45) is 5.95. The van der Waals surface area contributed by atoms with E-state index >= 15 is 0 Å². The highest BCUT2D eigenvalue weighted by molar-refractivity contribution is 5.20. The monoisotopic (exact) mass is 236 g/mol. The van der Waals surface area contributed by atoms with E-state index in [0.717, 1.165) is 24.8 Å². The smallest absolute Gasteiger partial charge is 0.0794 e. The number of allylic oxidation sites excluding steroid dienone is 2. The quantitative estimate of drug-likeness (QED) is 0.687. The Hall–Kier alpha value is -0.600. The maximum absolute atomic E-state index is 11.1. The van der Waals surface area contributed by atoms with Crippen molar-refractivity contribution in [3.05, 3.63) is 24.3 Å². The van der Waals surface area contributed by atoms with Crippen LogP contribution in [0.15, 0.2) is 24.3 Å². The second kappa shape index (κ2) is 3.96. The molecule has 0 amide bonds. The zero-order valence-electron chi connectivity index (χ0n) is 11.1. The molecule has 17 heavy (non-hydrogen) atoms. The summed E-state index contributed by atoms with van der Waals surface area (Å²) in [7, 11) is 0. The van der Waals surface area contributed by atoms with E-state index < -0.39 is 17.1 Å². The van der Waals surface area contributed by atoms with Crippen molar-refractivity contribution in [3.8, 4) is 0 Å². The number of rotatable bonds is 1. The predicted molar refractivity (Wildman–Crippen MR) is 69.5 cm³/mol. The first-order valence-electron chi connectivity index (χ1n) is 6.54. The van der Waals surface area contributed by atoms with E-state index in [1.807, 2.05) is 20.8 Å². The minimum absolute atomic E-state index is 0.0954. The molecule has 0 radical (unpaired) electrons. The Morgan fingerprint density at radius 3 is 2.71 bits per heavy atom. The third kappa shape index (κ3) is 1.69. The third-order valence-corrected chi connectivity index (χ3v) is 5.21. The van der Waals surface area contributed by atoms with E-state index in [4.69, 9.17) is 0 Å². The summed E-state index contributed by atoms with van der Waals surface area (Å²) in [5.41, 5.74) is -0.142. The summed E-state index contributed by atoms with van der Waals surface area (Å²) in [6, 6.07) is 0. The fourth-order valence-corrected chi connectivity index (χ4v) is 3.58. The standard InChI is InChI=1S/C15H24O2/c1-10(2)12-8-13(16)14(4)7-5-6-11(3)15(14,17)9-12/h5-6,11-13,16-17H,1,7-9H2,2-4H3/t11-,12-,13+,14+,15-/m1/s1. The van der Waals surface area contributed by atoms with Gasteiger partial charge in [-0.1, -0.05) is 38.2 Å². The molecule has 1 saturated carbocycles. The van der Waals surface area contributed by atoms with Gasteiger partial charge in [-0.05, 0) is 32.1 Å². The van der Waals surface area contributed by atoms with Crippen molar-refractivity contribution in [1.82, 2.24) is 0 Å². The fourth-order valence-electron chi connectivity index (χ4n) is 3.58. The van der Waals surface area contributed by atoms with Crippen LogP contribution in [0, 0.1) is 17.3 Å². The number of hydrogen-bond donors (Lipinski definition) is 2. The van der Waals surface area contributed by atoms with E-state index in [1.54, 1.807) is 0 Å². The van der Waals surface area contributed by atoms with Gasteiger partial charge in [-0.15, -0.1) is 0 Å². The van der Waals surface area contributed by atoms with Gasteiger partial charge in [0.2, 0.25) is 0 Å². The van der Waals surface area contributed by atoms with Crippen LogP contribution in [0.4, 0.5) is 0 Å². The Bertz CT molecular complexity index is 360. The molecule has 5 atom stereocenters. The molecule has 0 aliphatic heterocycles. The van der Waals surface area contributed by atoms with Gasteiger partial charge >= 0.3 is 0 Å². The van der Waals surface area contributed by atoms with E-state index in [9.17, 15) is 10.2 Å². The van der Waals surface area contributed by atoms with Crippen molar-refractivity contribution in [3.63, 3.8) is 0 Å². The highest BCUT2D eigenvalue weighted by Crippen LogP contribution is 2.55. The molecule has 0 aromatic carbocycles. The number of hydrogen-bond acceptors (Lipinski definition) is 2. The third-order valence-electron chi connectivity index (χ3n) is 5.21. The molecule has 2 aliphatic carbocycles. The largest absolute Gasteiger partial charge is 0.392 e. The van der Waals surface area contributed by atoms with Crippen LogP contribution in [0.5, 0.6) is 0 Å². The lowest BCUT2D eigenvalue weighted by Crippen LogP contribution is -2.62. The molecule has 2 aliphatic rings. The Kier molecular flexibility index (Phi) is 2.99. The fraction of sp³-hybridized carbons (Fsp3) is 0.733. The van der Waals surface area contributed by atoms with E-state index in [-0.39, 0.29) is 11.8 Å². The van der Waals surface area contributed by atoms with Crippen molar-refractivity contribution < 1.29 is 10.2 Å². The van der Waals surface area contributed by atoms with Crippen LogP contribution >= 0.6 is 0 Å². The number of fused-ring (bicyclic) bond motifs is 1. The summed E-state index contributed by atoms with van der Waals surface area (Å²) < 4.78 is 0. The second-order valence-electron chi connectivity index (χ2n) is 6.26. The highest BCUT2D eigenvalue weighted by Gasteiger charge is 2.58. The SMILES string of the molecule is C=C(C)[C@@H]1C[C@H](O)[C@]2(C)CC=C[C@@H](C)[C@]2(O)C1. The van der Waals surface area contributed by atoms with Crippen molar-refractivity contribution >= 4 is 0 Å². The van der Waals surface area contributed by atoms with Gasteiger partial charge in [0.25, 0.3) is 0 Å². The van der Waals surface area contributed by atoms with Gasteiger partial charge in [0.1, 0.15) is 0 Å². The molecule has 2 N–H and O–H groups in total. The molecule has 0 saturated heterocycles. The first kappa shape index (κ1) is 12.8. The lowest BCUT2D eigenvalue weighted by atomic mass is 9.52. The maximum atomic E-state index is 11.1. The van der Waals surface area contributed by atoms with Crippen LogP contribution in [0.1, 0.15) is 40.0 Å². The second-order valence-corrected chi connectivity index (χ2v) is 6.26. The average molecular weight is 236 g/mol. The van der Waals surface area contributed by atoms with Crippen LogP contribution in [0.25, 0.3) is 0 Å². The Morgan fingerprint density at radius 1 is 1.47 bits per heavy atom. The van der Waals surface area contributed by atoms with Crippen LogP contribution < -0.4 is 0 Å². The molecule has 0 heterocycles. The van der Waals surface area contributed by atoms with Crippen LogP contribution in [-0.4, -0.2) is 21.9 Å². The van der Waals surface area contributed by atoms with Crippen molar-refractivity contribution in [2.75, 3.05) is 0 Å². The topological polar surface area (TPSA) is 40.5 Å². The molecule has 0 aromatic heterocycles. The highest BCUT2D eigenvalue weighted by atomic mass is 16.3. The van der Waals surface area contributed by atoms with E-state index in [2.05, 4.69) is 18.7 Å². The Labute approximate surface area is 104 Å². The Balaban J connectivity index is 2.40. The van der Waals surface area contributed by atoms with Crippen LogP contribution in [0.3, 0.4) is 0 Å². The first-order chi connectivity index (χ1) is 7.81. The average Bonchev–Trinajstić information content (AvgIpc) is 2.23. The lowest BCUT2D eigenvalue weighted by Gasteiger charge is -2.57. The van der Waals surface area contributed by atoms with Crippen molar-refractivity contribution in [2.24, 2.45) is 17.3 Å². The molecule has 2 nitrogen and oxygen atoms in total. The first-order valence-corrected chi connectivity index (χ1v) is 6.54. The molecule has 2 rings (SSSR count). The van der Waals surface area contributed by atoms with Gasteiger partial charge < -0.3 is 10.2 Å². The van der Waals surface area contributed by atoms with Gasteiger partial charge in [0, 0.05) is 11.3 Å². The summed E-state index contributed by atoms with van der Waals surface area (Å²) >= 11 is 0. The molecule has 0 unspecified atom stereocenters. The van der Waals surface area contributed by atoms with E-state index in [0.29, 0.717) is 0 Å². The van der Waals surface area contributed by atoms with Crippen LogP contribution in [0.2, 0.25) is 0 Å². The Morgan fingerprint density at radius 2 is 2.12 bits per heavy atom. The molecular formula is C15H24O2. The summed E-state index contributed by atoms with van der Waals surface area (Å²) in [5.74, 6) is 0.329. The van der Waals surface area contributed by atoms with Gasteiger partial charge in [-0.25, -0.2) is 0 Å². The minimum Gasteiger partial charge on any atom is -0.392 e. The van der Waals surface area contributed by atoms with Gasteiger partial charge in [0.15, 0.2) is 0 Å². The zero-order chi connectivity index (χ0) is 12.8. The summed E-state index contributed by atoms with van der Waals surface area (Å²) in [4.78, 5) is 0. The molecule has 1 fully saturated rings. The van der Waals surface area contributed by atoms with E-state index in [1.165, 1.54) is 0 Å². The van der Waals surface area contributed by atoms with Gasteiger partial charge in [-0.3, -0.25) is 0 Å². The summed E-state index contributed by atoms with van der Waals surface area (Å²) in [5, 5.41) is 21.5. The molecule has 96 valence electrons. The lowest BCUT2D eigenvalue weighted by molar-refractivity contribution is -0.194. The molecular weight excluding hydrogens is 212 g/mol. The van der Waals surface area contributed by atoms with Crippen LogP contribution in [-0.2, 0) is 0 Å². The molecule has 0 bridgehead atoms. The summed E-state index contributed by atoms with van der Waals surface area (Å²) in [6.45, 7) is 10.0. The van der Waals surface area contributed by atoms with Gasteiger partial charge in [-0.2, -0.15) is 0 Å². The number of aliphatic hydroxyl groups is 2. The number of aliphatic hydroxyl groups excluding tert-OH is 1. The normalized spacial score (nSPS) is 49.8. The minimum atomic E-state index is -0.803. The van der Waals surface area contributed by atoms with Gasteiger partial charge in [0.05, 0.1) is 11.7 Å². The maximum Gasteiger partial charge on any atom is 0.0794 e. The molecule has 2 heteroatoms. The van der Waals surface area contributed by atoms with Crippen molar-refractivity contribution in [2.45, 2.75) is 51.7 Å². The zero-order valence-corrected chi connectivity index (χ0v) is 11.1. The predicted octanol–water partition coefficient (Wildman–Crippen LogP) is 2.67. The molecule has 0 aromatic rings.